The Morgan fingerprint density at radius 3 is 2.79 bits per heavy atom. The molecule has 5 atom stereocenters. The zero-order valence-electron chi connectivity index (χ0n) is 19.5. The first-order valence-electron chi connectivity index (χ1n) is 11.7. The van der Waals surface area contributed by atoms with Gasteiger partial charge >= 0.3 is 6.18 Å². The average molecular weight is 496 g/mol. The van der Waals surface area contributed by atoms with Crippen molar-refractivity contribution in [3.8, 4) is 0 Å². The molecule has 2 heterocycles. The lowest BCUT2D eigenvalue weighted by molar-refractivity contribution is -0.138. The monoisotopic (exact) mass is 495 g/mol. The maximum atomic E-state index is 13.5. The maximum Gasteiger partial charge on any atom is 0.416 e. The minimum absolute atomic E-state index is 0.0681. The number of thiocarbonyl (C=S) groups is 1. The molecular weight excluding hydrogens is 463 g/mol. The quantitative estimate of drug-likeness (QED) is 0.547. The number of nitrogens with zero attached hydrogens (tertiary/aromatic N) is 1. The van der Waals surface area contributed by atoms with E-state index in [0.29, 0.717) is 23.0 Å². The Kier molecular flexibility index (Phi) is 7.84. The highest BCUT2D eigenvalue weighted by molar-refractivity contribution is 7.80. The number of hydrogen-bond donors (Lipinski definition) is 2. The summed E-state index contributed by atoms with van der Waals surface area (Å²) in [6.07, 6.45) is 5.80. The summed E-state index contributed by atoms with van der Waals surface area (Å²) in [5, 5.41) is 6.92. The molecule has 1 aromatic carbocycles. The second-order valence-electron chi connectivity index (χ2n) is 9.43. The first-order valence-corrected chi connectivity index (χ1v) is 12.1. The summed E-state index contributed by atoms with van der Waals surface area (Å²) in [6.45, 7) is 1.77. The summed E-state index contributed by atoms with van der Waals surface area (Å²) < 4.78 is 52.5. The highest BCUT2D eigenvalue weighted by atomic mass is 32.1. The third kappa shape index (κ3) is 5.93. The fraction of sp³-hybridized carbons (Fsp3) is 0.560. The van der Waals surface area contributed by atoms with E-state index in [9.17, 15) is 13.2 Å². The molecule has 0 aromatic heterocycles. The van der Waals surface area contributed by atoms with Crippen molar-refractivity contribution in [2.45, 2.75) is 43.7 Å². The van der Waals surface area contributed by atoms with Gasteiger partial charge in [0, 0.05) is 42.2 Å². The number of likely N-dealkylation sites (N-methyl/N-ethyl adjacent to an activating group) is 1. The lowest BCUT2D eigenvalue weighted by atomic mass is 9.73. The summed E-state index contributed by atoms with van der Waals surface area (Å²) in [7, 11) is 3.96. The highest BCUT2D eigenvalue weighted by Crippen LogP contribution is 2.49. The van der Waals surface area contributed by atoms with Crippen molar-refractivity contribution in [1.82, 2.24) is 10.2 Å². The molecule has 1 aromatic rings. The summed E-state index contributed by atoms with van der Waals surface area (Å²) in [5.41, 5.74) is 0.631. The van der Waals surface area contributed by atoms with Gasteiger partial charge in [-0.2, -0.15) is 13.2 Å². The zero-order chi connectivity index (χ0) is 24.3. The van der Waals surface area contributed by atoms with Crippen LogP contribution in [0.2, 0.25) is 0 Å². The van der Waals surface area contributed by atoms with E-state index in [-0.39, 0.29) is 30.6 Å². The lowest BCUT2D eigenvalue weighted by Gasteiger charge is -2.47. The molecule has 2 aliphatic heterocycles. The van der Waals surface area contributed by atoms with Crippen LogP contribution in [0, 0.1) is 11.8 Å². The molecule has 3 aliphatic rings. The van der Waals surface area contributed by atoms with Crippen LogP contribution in [0.25, 0.3) is 0 Å². The molecule has 34 heavy (non-hydrogen) atoms. The molecule has 0 radical (unpaired) electrons. The number of benzene rings is 1. The number of alkyl halides is 3. The Labute approximate surface area is 204 Å². The molecule has 0 spiro atoms. The number of rotatable bonds is 6. The van der Waals surface area contributed by atoms with Gasteiger partial charge in [0.15, 0.2) is 0 Å². The molecule has 1 fully saturated rings. The van der Waals surface area contributed by atoms with E-state index in [1.165, 1.54) is 12.1 Å². The minimum atomic E-state index is -4.40. The largest absolute Gasteiger partial charge is 0.468 e. The van der Waals surface area contributed by atoms with Crippen molar-refractivity contribution in [3.63, 3.8) is 0 Å². The number of nitrogens with one attached hydrogen (secondary N) is 2. The van der Waals surface area contributed by atoms with Crippen molar-refractivity contribution in [2.75, 3.05) is 39.1 Å². The van der Waals surface area contributed by atoms with E-state index in [1.54, 1.807) is 0 Å². The fourth-order valence-electron chi connectivity index (χ4n) is 4.98. The number of fused-ring (bicyclic) bond motifs is 3. The molecule has 0 saturated carbocycles. The van der Waals surface area contributed by atoms with Gasteiger partial charge < -0.3 is 25.0 Å². The SMILES string of the molecule is CN(C)CCNC(=S)OC[C@H]1CC[C@@H]2[C@H](O1)c1cc(C(F)(F)F)ccc1N[C@H]2C1C=CC=CC1. The molecule has 1 aliphatic carbocycles. The smallest absolute Gasteiger partial charge is 0.416 e. The molecule has 4 rings (SSSR count). The molecular formula is C25H32F3N3O2S. The average Bonchev–Trinajstić information content (AvgIpc) is 2.81. The summed E-state index contributed by atoms with van der Waals surface area (Å²) in [4.78, 5) is 2.04. The summed E-state index contributed by atoms with van der Waals surface area (Å²) >= 11 is 5.26. The van der Waals surface area contributed by atoms with Crippen LogP contribution in [0.1, 0.15) is 36.5 Å². The predicted octanol–water partition coefficient (Wildman–Crippen LogP) is 4.92. The van der Waals surface area contributed by atoms with E-state index >= 15 is 0 Å². The Morgan fingerprint density at radius 1 is 1.26 bits per heavy atom. The van der Waals surface area contributed by atoms with Crippen LogP contribution in [0.3, 0.4) is 0 Å². The predicted molar refractivity (Wildman–Crippen MR) is 131 cm³/mol. The van der Waals surface area contributed by atoms with Crippen molar-refractivity contribution < 1.29 is 22.6 Å². The maximum absolute atomic E-state index is 13.5. The van der Waals surface area contributed by atoms with Crippen LogP contribution >= 0.6 is 12.2 Å². The van der Waals surface area contributed by atoms with Gasteiger partial charge in [0.2, 0.25) is 0 Å². The topological polar surface area (TPSA) is 45.8 Å². The van der Waals surface area contributed by atoms with Crippen LogP contribution in [0.5, 0.6) is 0 Å². The van der Waals surface area contributed by atoms with Gasteiger partial charge in [-0.05, 0) is 63.8 Å². The van der Waals surface area contributed by atoms with Gasteiger partial charge in [0.25, 0.3) is 5.17 Å². The van der Waals surface area contributed by atoms with Gasteiger partial charge in [-0.15, -0.1) is 0 Å². The standard InChI is InChI=1S/C25H32F3N3O2S/c1-31(2)13-12-29-24(34)32-15-18-9-10-19-22(16-6-4-3-5-7-16)30-21-11-8-17(25(26,27)28)14-20(21)23(19)33-18/h3-6,8,11,14,16,18-19,22-23,30H,7,9-10,12-13,15H2,1-2H3,(H,29,34)/t16?,18-,19+,22+,23+/m1/s1. The first-order chi connectivity index (χ1) is 16.2. The number of allylic oxidation sites excluding steroid dienone is 3. The van der Waals surface area contributed by atoms with Crippen molar-refractivity contribution in [3.05, 3.63) is 53.6 Å². The van der Waals surface area contributed by atoms with Crippen molar-refractivity contribution in [2.24, 2.45) is 11.8 Å². The lowest BCUT2D eigenvalue weighted by Crippen LogP contribution is -2.47. The van der Waals surface area contributed by atoms with E-state index in [0.717, 1.165) is 31.9 Å². The van der Waals surface area contributed by atoms with Crippen LogP contribution in [-0.4, -0.2) is 56.0 Å². The minimum Gasteiger partial charge on any atom is -0.468 e. The molecule has 1 unspecified atom stereocenters. The Hall–Kier alpha value is -2.10. The van der Waals surface area contributed by atoms with Gasteiger partial charge in [-0.1, -0.05) is 24.3 Å². The van der Waals surface area contributed by atoms with Gasteiger partial charge in [-0.3, -0.25) is 0 Å². The van der Waals surface area contributed by atoms with Crippen LogP contribution in [0.15, 0.2) is 42.5 Å². The van der Waals surface area contributed by atoms with Crippen LogP contribution in [-0.2, 0) is 15.7 Å². The number of ether oxygens (including phenoxy) is 2. The van der Waals surface area contributed by atoms with Gasteiger partial charge in [-0.25, -0.2) is 0 Å². The summed E-state index contributed by atoms with van der Waals surface area (Å²) in [5.74, 6) is 0.330. The van der Waals surface area contributed by atoms with Gasteiger partial charge in [0.1, 0.15) is 6.61 Å². The van der Waals surface area contributed by atoms with E-state index in [1.807, 2.05) is 31.1 Å². The third-order valence-corrected chi connectivity index (χ3v) is 6.98. The van der Waals surface area contributed by atoms with E-state index in [4.69, 9.17) is 21.7 Å². The number of anilines is 1. The Balaban J connectivity index is 1.49. The van der Waals surface area contributed by atoms with Crippen molar-refractivity contribution in [1.29, 1.82) is 0 Å². The summed E-state index contributed by atoms with van der Waals surface area (Å²) in [6, 6.07) is 4.01. The Morgan fingerprint density at radius 2 is 2.09 bits per heavy atom. The van der Waals surface area contributed by atoms with Gasteiger partial charge in [0.05, 0.1) is 17.8 Å². The highest BCUT2D eigenvalue weighted by Gasteiger charge is 2.45. The number of halogens is 3. The van der Waals surface area contributed by atoms with Crippen LogP contribution in [0.4, 0.5) is 18.9 Å². The zero-order valence-corrected chi connectivity index (χ0v) is 20.3. The molecule has 9 heteroatoms. The normalized spacial score (nSPS) is 28.1. The third-order valence-electron chi connectivity index (χ3n) is 6.72. The fourth-order valence-corrected chi connectivity index (χ4v) is 5.15. The van der Waals surface area contributed by atoms with Crippen LogP contribution < -0.4 is 10.6 Å². The molecule has 5 nitrogen and oxygen atoms in total. The second kappa shape index (κ2) is 10.7. The van der Waals surface area contributed by atoms with E-state index < -0.39 is 17.8 Å². The molecule has 2 N–H and O–H groups in total. The molecule has 1 saturated heterocycles. The first kappa shape index (κ1) is 25.0. The van der Waals surface area contributed by atoms with Crippen molar-refractivity contribution >= 4 is 23.1 Å². The van der Waals surface area contributed by atoms with E-state index in [2.05, 4.69) is 22.8 Å². The second-order valence-corrected chi connectivity index (χ2v) is 9.80. The number of hydrogen-bond acceptors (Lipinski definition) is 5. The molecule has 0 bridgehead atoms. The molecule has 186 valence electrons. The Bertz CT molecular complexity index is 934. The molecule has 0 amide bonds.